The third-order valence-corrected chi connectivity index (χ3v) is 0.758. The third-order valence-electron chi connectivity index (χ3n) is 0.758. The molecule has 0 aliphatic heterocycles. The van der Waals surface area contributed by atoms with Gasteiger partial charge in [0, 0.05) is 7.11 Å². The van der Waals surface area contributed by atoms with Crippen molar-refractivity contribution in [3.05, 3.63) is 0 Å². The van der Waals surface area contributed by atoms with Gasteiger partial charge in [0.2, 0.25) is 6.41 Å². The van der Waals surface area contributed by atoms with Crippen molar-refractivity contribution in [2.24, 2.45) is 0 Å². The van der Waals surface area contributed by atoms with E-state index in [0.717, 1.165) is 0 Å². The molecule has 1 N–H and O–H groups in total. The molecule has 1 atom stereocenters. The average Bonchev–Trinajstić information content (AvgIpc) is 1.88. The van der Waals surface area contributed by atoms with E-state index >= 15 is 0 Å². The Balaban J connectivity index is 3.44. The summed E-state index contributed by atoms with van der Waals surface area (Å²) in [5.74, 6) is 0. The van der Waals surface area contributed by atoms with Crippen LogP contribution in [0.4, 0.5) is 0 Å². The second-order valence-corrected chi connectivity index (χ2v) is 1.42. The maximum absolute atomic E-state index is 9.73. The number of carbonyl (C=O) groups excluding carboxylic acids is 1. The quantitative estimate of drug-likeness (QED) is 0.508. The summed E-state index contributed by atoms with van der Waals surface area (Å²) in [6.07, 6.45) is 0.479. The predicted octanol–water partition coefficient (Wildman–Crippen LogP) is -0.729. The Hall–Kier alpha value is -1.08. The van der Waals surface area contributed by atoms with Crippen molar-refractivity contribution in [1.29, 1.82) is 5.26 Å². The Labute approximate surface area is 53.4 Å². The van der Waals surface area contributed by atoms with Gasteiger partial charge in [-0.2, -0.15) is 5.26 Å². The van der Waals surface area contributed by atoms with Crippen molar-refractivity contribution in [2.45, 2.75) is 6.04 Å². The molecule has 4 nitrogen and oxygen atoms in total. The Morgan fingerprint density at radius 2 is 2.67 bits per heavy atom. The second-order valence-electron chi connectivity index (χ2n) is 1.42. The summed E-state index contributed by atoms with van der Waals surface area (Å²) >= 11 is 0. The molecule has 0 aromatic carbocycles. The highest BCUT2D eigenvalue weighted by Gasteiger charge is 2.01. The minimum atomic E-state index is -0.521. The molecule has 0 fully saturated rings. The van der Waals surface area contributed by atoms with Crippen LogP contribution in [0.1, 0.15) is 0 Å². The molecule has 0 saturated heterocycles. The smallest absolute Gasteiger partial charge is 0.208 e. The maximum atomic E-state index is 9.73. The predicted molar refractivity (Wildman–Crippen MR) is 30.5 cm³/mol. The molecule has 1 unspecified atom stereocenters. The molecule has 0 heterocycles. The van der Waals surface area contributed by atoms with Gasteiger partial charge in [-0.1, -0.05) is 0 Å². The van der Waals surface area contributed by atoms with Crippen molar-refractivity contribution in [2.75, 3.05) is 13.7 Å². The van der Waals surface area contributed by atoms with E-state index in [1.165, 1.54) is 7.11 Å². The van der Waals surface area contributed by atoms with Gasteiger partial charge in [-0.15, -0.1) is 0 Å². The fraction of sp³-hybridized carbons (Fsp3) is 0.600. The van der Waals surface area contributed by atoms with E-state index in [1.54, 1.807) is 0 Å². The molecule has 1 amide bonds. The number of nitrogens with zero attached hydrogens (tertiary/aromatic N) is 1. The van der Waals surface area contributed by atoms with Crippen molar-refractivity contribution in [1.82, 2.24) is 5.32 Å². The molecule has 50 valence electrons. The van der Waals surface area contributed by atoms with Crippen LogP contribution < -0.4 is 5.32 Å². The van der Waals surface area contributed by atoms with Gasteiger partial charge in [-0.25, -0.2) is 0 Å². The van der Waals surface area contributed by atoms with Crippen LogP contribution in [0.5, 0.6) is 0 Å². The van der Waals surface area contributed by atoms with Crippen LogP contribution in [0, 0.1) is 11.3 Å². The Morgan fingerprint density at radius 1 is 2.00 bits per heavy atom. The summed E-state index contributed by atoms with van der Waals surface area (Å²) in [6.45, 7) is 0.231. The van der Waals surface area contributed by atoms with Crippen LogP contribution in [0.3, 0.4) is 0 Å². The SMILES string of the molecule is COCC(C#N)NC=O. The normalized spacial score (nSPS) is 11.6. The number of hydrogen-bond donors (Lipinski definition) is 1. The van der Waals surface area contributed by atoms with Crippen LogP contribution in [0.2, 0.25) is 0 Å². The number of hydrogen-bond acceptors (Lipinski definition) is 3. The molecule has 0 spiro atoms. The summed E-state index contributed by atoms with van der Waals surface area (Å²) < 4.78 is 4.60. The van der Waals surface area contributed by atoms with Crippen molar-refractivity contribution in [3.63, 3.8) is 0 Å². The van der Waals surface area contributed by atoms with Crippen molar-refractivity contribution in [3.8, 4) is 6.07 Å². The summed E-state index contributed by atoms with van der Waals surface area (Å²) in [7, 11) is 1.47. The van der Waals surface area contributed by atoms with Gasteiger partial charge in [-0.3, -0.25) is 4.79 Å². The lowest BCUT2D eigenvalue weighted by molar-refractivity contribution is -0.110. The fourth-order valence-electron chi connectivity index (χ4n) is 0.371. The molecule has 0 rings (SSSR count). The Bertz CT molecular complexity index is 119. The number of rotatable bonds is 4. The molecule has 0 aromatic rings. The molecular formula is C5H8N2O2. The van der Waals surface area contributed by atoms with Gasteiger partial charge in [0.25, 0.3) is 0 Å². The lowest BCUT2D eigenvalue weighted by atomic mass is 10.4. The van der Waals surface area contributed by atoms with Gasteiger partial charge in [0.15, 0.2) is 0 Å². The van der Waals surface area contributed by atoms with E-state index in [4.69, 9.17) is 5.26 Å². The number of nitriles is 1. The standard InChI is InChI=1S/C5H8N2O2/c1-9-3-5(2-6)7-4-8/h4-5H,3H2,1H3,(H,7,8). The highest BCUT2D eigenvalue weighted by Crippen LogP contribution is 1.77. The molecule has 9 heavy (non-hydrogen) atoms. The van der Waals surface area contributed by atoms with Crippen LogP contribution in [0.25, 0.3) is 0 Å². The van der Waals surface area contributed by atoms with Crippen LogP contribution in [-0.4, -0.2) is 26.2 Å². The van der Waals surface area contributed by atoms with E-state index in [2.05, 4.69) is 10.1 Å². The van der Waals surface area contributed by atoms with Crippen molar-refractivity contribution < 1.29 is 9.53 Å². The highest BCUT2D eigenvalue weighted by atomic mass is 16.5. The number of ether oxygens (including phenoxy) is 1. The molecule has 0 aliphatic carbocycles. The third kappa shape index (κ3) is 3.50. The lowest BCUT2D eigenvalue weighted by Gasteiger charge is -2.03. The summed E-state index contributed by atoms with van der Waals surface area (Å²) in [5.41, 5.74) is 0. The second kappa shape index (κ2) is 5.06. The van der Waals surface area contributed by atoms with Crippen LogP contribution in [0.15, 0.2) is 0 Å². The van der Waals surface area contributed by atoms with Gasteiger partial charge in [-0.05, 0) is 0 Å². The van der Waals surface area contributed by atoms with Crippen LogP contribution >= 0.6 is 0 Å². The molecule has 0 aliphatic rings. The Morgan fingerprint density at radius 3 is 3.00 bits per heavy atom. The summed E-state index contributed by atoms with van der Waals surface area (Å²) in [5, 5.41) is 10.5. The zero-order valence-electron chi connectivity index (χ0n) is 5.13. The number of nitrogens with one attached hydrogen (secondary N) is 1. The summed E-state index contributed by atoms with van der Waals surface area (Å²) in [6, 6.07) is 1.32. The van der Waals surface area contributed by atoms with E-state index in [0.29, 0.717) is 6.41 Å². The topological polar surface area (TPSA) is 62.1 Å². The maximum Gasteiger partial charge on any atom is 0.208 e. The molecule has 0 saturated carbocycles. The molecule has 4 heteroatoms. The Kier molecular flexibility index (Phi) is 4.46. The first-order valence-electron chi connectivity index (χ1n) is 2.43. The van der Waals surface area contributed by atoms with Gasteiger partial charge in [0.1, 0.15) is 6.04 Å². The minimum Gasteiger partial charge on any atom is -0.381 e. The minimum absolute atomic E-state index is 0.231. The monoisotopic (exact) mass is 128 g/mol. The first-order chi connectivity index (χ1) is 4.35. The molecular weight excluding hydrogens is 120 g/mol. The lowest BCUT2D eigenvalue weighted by Crippen LogP contribution is -2.30. The van der Waals surface area contributed by atoms with Crippen LogP contribution in [-0.2, 0) is 9.53 Å². The number of amides is 1. The van der Waals surface area contributed by atoms with E-state index in [-0.39, 0.29) is 6.61 Å². The van der Waals surface area contributed by atoms with Gasteiger partial charge >= 0.3 is 0 Å². The molecule has 0 aromatic heterocycles. The first-order valence-corrected chi connectivity index (χ1v) is 2.43. The van der Waals surface area contributed by atoms with Gasteiger partial charge in [0.05, 0.1) is 12.7 Å². The number of carbonyl (C=O) groups is 1. The zero-order chi connectivity index (χ0) is 7.11. The summed E-state index contributed by atoms with van der Waals surface area (Å²) in [4.78, 5) is 9.73. The fourth-order valence-corrected chi connectivity index (χ4v) is 0.371. The van der Waals surface area contributed by atoms with E-state index in [9.17, 15) is 4.79 Å². The highest BCUT2D eigenvalue weighted by molar-refractivity contribution is 5.47. The number of methoxy groups -OCH3 is 1. The van der Waals surface area contributed by atoms with Gasteiger partial charge < -0.3 is 10.1 Å². The zero-order valence-corrected chi connectivity index (χ0v) is 5.13. The molecule has 0 bridgehead atoms. The largest absolute Gasteiger partial charge is 0.381 e. The van der Waals surface area contributed by atoms with E-state index in [1.807, 2.05) is 6.07 Å². The average molecular weight is 128 g/mol. The van der Waals surface area contributed by atoms with Crippen molar-refractivity contribution >= 4 is 6.41 Å². The van der Waals surface area contributed by atoms with E-state index < -0.39 is 6.04 Å². The molecule has 0 radical (unpaired) electrons. The first kappa shape index (κ1) is 7.92.